The van der Waals surface area contributed by atoms with Crippen LogP contribution in [-0.4, -0.2) is 57.7 Å². The van der Waals surface area contributed by atoms with E-state index in [1.165, 1.54) is 0 Å². The van der Waals surface area contributed by atoms with Crippen LogP contribution in [0, 0.1) is 0 Å². The Hall–Kier alpha value is -0.0900. The van der Waals surface area contributed by atoms with Crippen LogP contribution in [0.2, 0.25) is 0 Å². The molecule has 0 aromatic heterocycles. The van der Waals surface area contributed by atoms with Crippen molar-refractivity contribution >= 4 is 7.82 Å². The quantitative estimate of drug-likeness (QED) is 0.366. The maximum absolute atomic E-state index is 10.1. The van der Waals surface area contributed by atoms with Gasteiger partial charge in [0.15, 0.2) is 6.29 Å². The minimum atomic E-state index is -5.23. The second-order valence-electron chi connectivity index (χ2n) is 3.28. The summed E-state index contributed by atoms with van der Waals surface area (Å²) in [6.45, 7) is -0.855. The van der Waals surface area contributed by atoms with Gasteiger partial charge >= 0.3 is 0 Å². The number of aliphatic hydroxyl groups excluding tert-OH is 4. The highest BCUT2D eigenvalue weighted by atomic mass is 31.2. The summed E-state index contributed by atoms with van der Waals surface area (Å²) in [7, 11) is -5.23. The lowest BCUT2D eigenvalue weighted by Crippen LogP contribution is -2.58. The molecule has 0 aromatic carbocycles. The van der Waals surface area contributed by atoms with Crippen LogP contribution in [0.1, 0.15) is 0 Å². The number of phosphoric ester groups is 1. The SMILES string of the molecule is O=P([O-])([O-])OC[C@H]1O[C@H](O)[C@@H](O)[C@@H](O)[C@@H]1O. The molecule has 96 valence electrons. The maximum Gasteiger partial charge on any atom is 0.184 e. The van der Waals surface area contributed by atoms with Crippen molar-refractivity contribution in [3.05, 3.63) is 0 Å². The molecular formula is C6H11O9P-2. The van der Waals surface area contributed by atoms with Crippen LogP contribution in [0.5, 0.6) is 0 Å². The van der Waals surface area contributed by atoms with Gasteiger partial charge in [0.25, 0.3) is 0 Å². The van der Waals surface area contributed by atoms with E-state index in [2.05, 4.69) is 9.26 Å². The molecule has 1 rings (SSSR count). The molecule has 0 bridgehead atoms. The predicted molar refractivity (Wildman–Crippen MR) is 42.5 cm³/mol. The highest BCUT2D eigenvalue weighted by Crippen LogP contribution is 2.27. The Kier molecular flexibility index (Phi) is 4.41. The van der Waals surface area contributed by atoms with Crippen molar-refractivity contribution in [1.29, 1.82) is 0 Å². The Balaban J connectivity index is 2.57. The van der Waals surface area contributed by atoms with Crippen molar-refractivity contribution in [2.75, 3.05) is 6.61 Å². The third-order valence-electron chi connectivity index (χ3n) is 2.08. The van der Waals surface area contributed by atoms with Crippen molar-refractivity contribution < 1.29 is 44.0 Å². The van der Waals surface area contributed by atoms with Gasteiger partial charge in [-0.05, 0) is 0 Å². The summed E-state index contributed by atoms with van der Waals surface area (Å²) in [5.41, 5.74) is 0. The Bertz CT molecular complexity index is 277. The summed E-state index contributed by atoms with van der Waals surface area (Å²) in [6.07, 6.45) is -8.35. The van der Waals surface area contributed by atoms with Gasteiger partial charge in [-0.25, -0.2) is 0 Å². The highest BCUT2D eigenvalue weighted by molar-refractivity contribution is 7.43. The molecule has 0 aromatic rings. The number of hydrogen-bond donors (Lipinski definition) is 4. The minimum Gasteiger partial charge on any atom is -0.790 e. The van der Waals surface area contributed by atoms with Crippen molar-refractivity contribution in [3.8, 4) is 0 Å². The van der Waals surface area contributed by atoms with E-state index in [0.717, 1.165) is 0 Å². The summed E-state index contributed by atoms with van der Waals surface area (Å²) in [6, 6.07) is 0. The standard InChI is InChI=1S/C6H13O9P/c7-3-2(1-14-16(11,12)13)15-6(10)5(9)4(3)8/h2-10H,1H2,(H2,11,12,13)/p-2/t2-,3-,4+,5+,6+/m1/s1. The molecule has 0 saturated carbocycles. The molecule has 1 aliphatic heterocycles. The van der Waals surface area contributed by atoms with Gasteiger partial charge in [0.05, 0.1) is 14.4 Å². The first-order valence-corrected chi connectivity index (χ1v) is 5.73. The summed E-state index contributed by atoms with van der Waals surface area (Å²) < 4.78 is 18.5. The number of hydrogen-bond acceptors (Lipinski definition) is 9. The molecule has 1 aliphatic rings. The van der Waals surface area contributed by atoms with Gasteiger partial charge in [-0.3, -0.25) is 0 Å². The molecule has 4 N–H and O–H groups in total. The monoisotopic (exact) mass is 258 g/mol. The Morgan fingerprint density at radius 2 is 1.69 bits per heavy atom. The van der Waals surface area contributed by atoms with Gasteiger partial charge in [0.2, 0.25) is 0 Å². The molecule has 10 heteroatoms. The molecule has 0 aliphatic carbocycles. The maximum atomic E-state index is 10.1. The van der Waals surface area contributed by atoms with Crippen molar-refractivity contribution in [2.45, 2.75) is 30.7 Å². The van der Waals surface area contributed by atoms with Gasteiger partial charge in [0.1, 0.15) is 24.4 Å². The summed E-state index contributed by atoms with van der Waals surface area (Å²) in [4.78, 5) is 20.3. The molecule has 1 saturated heterocycles. The van der Waals surface area contributed by atoms with E-state index >= 15 is 0 Å². The van der Waals surface area contributed by atoms with E-state index in [1.54, 1.807) is 0 Å². The Labute approximate surface area is 90.1 Å². The van der Waals surface area contributed by atoms with Crippen LogP contribution >= 0.6 is 7.82 Å². The van der Waals surface area contributed by atoms with Gasteiger partial charge in [-0.1, -0.05) is 0 Å². The van der Waals surface area contributed by atoms with Crippen LogP contribution in [0.3, 0.4) is 0 Å². The van der Waals surface area contributed by atoms with E-state index < -0.39 is 45.1 Å². The number of ether oxygens (including phenoxy) is 1. The first-order valence-electron chi connectivity index (χ1n) is 4.26. The second kappa shape index (κ2) is 5.05. The third kappa shape index (κ3) is 3.45. The molecule has 1 heterocycles. The molecule has 0 radical (unpaired) electrons. The first kappa shape index (κ1) is 14.0. The largest absolute Gasteiger partial charge is 0.790 e. The second-order valence-corrected chi connectivity index (χ2v) is 4.43. The fraction of sp³-hybridized carbons (Fsp3) is 1.00. The normalized spacial score (nSPS) is 41.0. The lowest BCUT2D eigenvalue weighted by Gasteiger charge is -2.39. The average Bonchev–Trinajstić information content (AvgIpc) is 2.17. The lowest BCUT2D eigenvalue weighted by atomic mass is 10.00. The summed E-state index contributed by atoms with van der Waals surface area (Å²) in [5, 5.41) is 36.6. The Morgan fingerprint density at radius 3 is 2.19 bits per heavy atom. The minimum absolute atomic E-state index is 0.855. The Morgan fingerprint density at radius 1 is 1.12 bits per heavy atom. The molecule has 0 amide bonds. The first-order chi connectivity index (χ1) is 7.22. The van der Waals surface area contributed by atoms with Gasteiger partial charge in [-0.15, -0.1) is 0 Å². The molecule has 0 spiro atoms. The zero-order valence-electron chi connectivity index (χ0n) is 7.87. The summed E-state index contributed by atoms with van der Waals surface area (Å²) >= 11 is 0. The number of rotatable bonds is 3. The molecule has 16 heavy (non-hydrogen) atoms. The van der Waals surface area contributed by atoms with Crippen LogP contribution in [-0.2, 0) is 13.8 Å². The predicted octanol–water partition coefficient (Wildman–Crippen LogP) is -4.37. The third-order valence-corrected chi connectivity index (χ3v) is 2.55. The number of phosphoric acid groups is 1. The molecule has 5 atom stereocenters. The zero-order valence-corrected chi connectivity index (χ0v) is 8.77. The lowest BCUT2D eigenvalue weighted by molar-refractivity contribution is -0.347. The van der Waals surface area contributed by atoms with Gasteiger partial charge < -0.3 is 44.0 Å². The molecule has 1 fully saturated rings. The van der Waals surface area contributed by atoms with E-state index in [9.17, 15) is 24.6 Å². The van der Waals surface area contributed by atoms with E-state index in [4.69, 9.17) is 10.2 Å². The zero-order chi connectivity index (χ0) is 12.5. The van der Waals surface area contributed by atoms with Crippen LogP contribution in [0.15, 0.2) is 0 Å². The van der Waals surface area contributed by atoms with Crippen LogP contribution < -0.4 is 9.79 Å². The molecule has 9 nitrogen and oxygen atoms in total. The molecular weight excluding hydrogens is 247 g/mol. The van der Waals surface area contributed by atoms with Crippen LogP contribution in [0.4, 0.5) is 0 Å². The smallest absolute Gasteiger partial charge is 0.184 e. The van der Waals surface area contributed by atoms with Crippen molar-refractivity contribution in [2.24, 2.45) is 0 Å². The number of aliphatic hydroxyl groups is 4. The van der Waals surface area contributed by atoms with Gasteiger partial charge in [-0.2, -0.15) is 0 Å². The van der Waals surface area contributed by atoms with Crippen LogP contribution in [0.25, 0.3) is 0 Å². The van der Waals surface area contributed by atoms with Gasteiger partial charge in [0, 0.05) is 0 Å². The van der Waals surface area contributed by atoms with Crippen molar-refractivity contribution in [1.82, 2.24) is 0 Å². The average molecular weight is 258 g/mol. The van der Waals surface area contributed by atoms with E-state index in [0.29, 0.717) is 0 Å². The fourth-order valence-electron chi connectivity index (χ4n) is 1.23. The fourth-order valence-corrected chi connectivity index (χ4v) is 1.56. The van der Waals surface area contributed by atoms with E-state index in [1.807, 2.05) is 0 Å². The highest BCUT2D eigenvalue weighted by Gasteiger charge is 2.43. The summed E-state index contributed by atoms with van der Waals surface area (Å²) in [5.74, 6) is 0. The molecule has 0 unspecified atom stereocenters. The van der Waals surface area contributed by atoms with Crippen molar-refractivity contribution in [3.63, 3.8) is 0 Å². The van der Waals surface area contributed by atoms with E-state index in [-0.39, 0.29) is 0 Å². The topological polar surface area (TPSA) is 163 Å².